The summed E-state index contributed by atoms with van der Waals surface area (Å²) in [6.07, 6.45) is 2.88. The summed E-state index contributed by atoms with van der Waals surface area (Å²) in [7, 11) is 2.94. The van der Waals surface area contributed by atoms with Crippen LogP contribution in [0.3, 0.4) is 0 Å². The van der Waals surface area contributed by atoms with Gasteiger partial charge in [-0.2, -0.15) is 0 Å². The number of carboxylic acids is 1. The van der Waals surface area contributed by atoms with Crippen LogP contribution in [-0.2, 0) is 17.7 Å². The van der Waals surface area contributed by atoms with Gasteiger partial charge in [0, 0.05) is 28.8 Å². The Hall–Kier alpha value is -4.65. The van der Waals surface area contributed by atoms with Crippen molar-refractivity contribution < 1.29 is 47.6 Å². The fourth-order valence-corrected chi connectivity index (χ4v) is 7.70. The number of hydrogen-bond acceptors (Lipinski definition) is 7. The quantitative estimate of drug-likeness (QED) is 0.123. The molecule has 3 saturated heterocycles. The van der Waals surface area contributed by atoms with Crippen LogP contribution in [0, 0.1) is 17.6 Å². The molecule has 14 heteroatoms. The monoisotopic (exact) mass is 742 g/mol. The van der Waals surface area contributed by atoms with E-state index in [9.17, 15) is 24.3 Å². The largest absolute Gasteiger partial charge is 0.493 e. The summed E-state index contributed by atoms with van der Waals surface area (Å²) in [4.78, 5) is 30.2. The van der Waals surface area contributed by atoms with E-state index >= 15 is 4.39 Å². The fourth-order valence-electron chi connectivity index (χ4n) is 7.09. The summed E-state index contributed by atoms with van der Waals surface area (Å²) in [5.41, 5.74) is 1.04. The number of piperidine rings is 3. The average molecular weight is 744 g/mol. The molecule has 51 heavy (non-hydrogen) atoms. The molecule has 10 nitrogen and oxygen atoms in total. The van der Waals surface area contributed by atoms with Crippen LogP contribution in [0.15, 0.2) is 67.0 Å². The second-order valence-electron chi connectivity index (χ2n) is 12.6. The van der Waals surface area contributed by atoms with Gasteiger partial charge in [-0.25, -0.2) is 18.4 Å². The topological polar surface area (TPSA) is 113 Å². The molecule has 3 aliphatic rings. The van der Waals surface area contributed by atoms with Crippen LogP contribution in [0.1, 0.15) is 51.4 Å². The molecule has 2 atom stereocenters. The highest BCUT2D eigenvalue weighted by molar-refractivity contribution is 6.35. The minimum absolute atomic E-state index is 0.0175. The zero-order valence-electron chi connectivity index (χ0n) is 27.8. The number of halogens is 4. The lowest BCUT2D eigenvalue weighted by Crippen LogP contribution is -2.53. The molecule has 2 N–H and O–H groups in total. The number of nitrogens with zero attached hydrogens (tertiary/aromatic N) is 3. The molecule has 0 aliphatic carbocycles. The Morgan fingerprint density at radius 2 is 1.71 bits per heavy atom. The van der Waals surface area contributed by atoms with Crippen LogP contribution in [0.2, 0.25) is 10.0 Å². The predicted octanol–water partition coefficient (Wildman–Crippen LogP) is 7.12. The summed E-state index contributed by atoms with van der Waals surface area (Å²) in [6.45, 7) is 1.95. The van der Waals surface area contributed by atoms with Crippen molar-refractivity contribution in [3.05, 3.63) is 116 Å². The van der Waals surface area contributed by atoms with E-state index in [1.165, 1.54) is 38.7 Å². The van der Waals surface area contributed by atoms with Crippen LogP contribution < -0.4 is 19.1 Å². The molecule has 3 aromatic carbocycles. The summed E-state index contributed by atoms with van der Waals surface area (Å²) in [5, 5.41) is 20.8. The molecule has 0 radical (unpaired) electrons. The highest BCUT2D eigenvalue weighted by atomic mass is 35.5. The first kappa shape index (κ1) is 36.2. The molecule has 0 spiro atoms. The van der Waals surface area contributed by atoms with Crippen molar-refractivity contribution in [2.45, 2.75) is 37.8 Å². The van der Waals surface area contributed by atoms with Crippen molar-refractivity contribution in [1.82, 2.24) is 4.90 Å². The summed E-state index contributed by atoms with van der Waals surface area (Å²) >= 11 is 13.2. The fraction of sp³-hybridized carbons (Fsp3) is 0.324. The SMILES string of the molecule is COc1ccc([C@H](Cc2c(Cl)c[n+](O)cc2Cl)c2c(CN(C(=O)O[C@H]3CN4CCC3CC4)c3cc(F)ccc3F)cccc2C(=O)O)cc1OC. The number of carbonyl (C=O) groups excluding carboxylic acids is 1. The van der Waals surface area contributed by atoms with Crippen molar-refractivity contribution in [2.24, 2.45) is 5.92 Å². The van der Waals surface area contributed by atoms with Crippen molar-refractivity contribution in [2.75, 3.05) is 38.8 Å². The van der Waals surface area contributed by atoms with Gasteiger partial charge in [-0.05, 0) is 85.3 Å². The molecule has 268 valence electrons. The highest BCUT2D eigenvalue weighted by Crippen LogP contribution is 2.41. The maximum atomic E-state index is 15.5. The number of anilines is 1. The van der Waals surface area contributed by atoms with E-state index < -0.39 is 35.7 Å². The van der Waals surface area contributed by atoms with Crippen molar-refractivity contribution >= 4 is 41.0 Å². The van der Waals surface area contributed by atoms with Gasteiger partial charge in [0.05, 0.1) is 32.0 Å². The van der Waals surface area contributed by atoms with Crippen molar-refractivity contribution in [3.63, 3.8) is 0 Å². The number of methoxy groups -OCH3 is 2. The third-order valence-electron chi connectivity index (χ3n) is 9.66. The lowest BCUT2D eigenvalue weighted by atomic mass is 9.80. The van der Waals surface area contributed by atoms with E-state index in [-0.39, 0.29) is 45.7 Å². The van der Waals surface area contributed by atoms with Crippen molar-refractivity contribution in [3.8, 4) is 11.5 Å². The Morgan fingerprint density at radius 3 is 2.33 bits per heavy atom. The van der Waals surface area contributed by atoms with E-state index in [0.717, 1.165) is 49.0 Å². The average Bonchev–Trinajstić information content (AvgIpc) is 3.11. The lowest BCUT2D eigenvalue weighted by molar-refractivity contribution is -0.904. The number of carboxylic acid groups (broad SMARTS) is 1. The van der Waals surface area contributed by atoms with Gasteiger partial charge in [0.1, 0.15) is 27.8 Å². The number of aromatic carboxylic acids is 1. The molecule has 2 bridgehead atoms. The van der Waals surface area contributed by atoms with Gasteiger partial charge in [0.15, 0.2) is 11.5 Å². The molecule has 0 saturated carbocycles. The number of hydrogen-bond donors (Lipinski definition) is 2. The van der Waals surface area contributed by atoms with E-state index in [1.807, 2.05) is 0 Å². The zero-order chi connectivity index (χ0) is 36.4. The van der Waals surface area contributed by atoms with E-state index in [1.54, 1.807) is 24.3 Å². The standard InChI is InChI=1S/C37H35Cl2F2N3O7/c1-49-32-9-6-22(14-33(32)50-2)26(16-27-28(38)18-43(48)19-29(27)39)35-23(4-3-5-25(35)36(45)46)17-44(31-15-24(40)7-8-30(31)41)37(47)51-34-20-42-12-10-21(34)11-13-42/h3-9,14-15,18-19,21,26,34H,10-13,16-17,20H2,1-2H3,(H-,45,46,48)/p+1/t26-,34-/m0/s1. The van der Waals surface area contributed by atoms with Crippen LogP contribution in [0.4, 0.5) is 19.3 Å². The molecule has 0 unspecified atom stereocenters. The minimum atomic E-state index is -1.27. The maximum absolute atomic E-state index is 15.5. The van der Waals surface area contributed by atoms with Crippen LogP contribution >= 0.6 is 23.2 Å². The number of aromatic nitrogens is 1. The Kier molecular flexibility index (Phi) is 10.8. The van der Waals surface area contributed by atoms with Gasteiger partial charge in [0.2, 0.25) is 12.4 Å². The second kappa shape index (κ2) is 15.3. The number of fused-ring (bicyclic) bond motifs is 3. The zero-order valence-corrected chi connectivity index (χ0v) is 29.3. The highest BCUT2D eigenvalue weighted by Gasteiger charge is 2.38. The molecule has 3 fully saturated rings. The molecule has 4 heterocycles. The van der Waals surface area contributed by atoms with Gasteiger partial charge in [0.25, 0.3) is 0 Å². The second-order valence-corrected chi connectivity index (χ2v) is 13.4. The van der Waals surface area contributed by atoms with E-state index in [0.29, 0.717) is 39.5 Å². The first-order chi connectivity index (χ1) is 24.5. The molecule has 1 aromatic heterocycles. The summed E-state index contributed by atoms with van der Waals surface area (Å²) in [5.74, 6) is -2.82. The number of rotatable bonds is 11. The van der Waals surface area contributed by atoms with Crippen LogP contribution in [0.25, 0.3) is 0 Å². The van der Waals surface area contributed by atoms with Crippen molar-refractivity contribution in [1.29, 1.82) is 0 Å². The third kappa shape index (κ3) is 7.68. The minimum Gasteiger partial charge on any atom is -0.493 e. The lowest BCUT2D eigenvalue weighted by Gasteiger charge is -2.44. The first-order valence-electron chi connectivity index (χ1n) is 16.3. The Labute approximate surface area is 303 Å². The van der Waals surface area contributed by atoms with Gasteiger partial charge < -0.3 is 19.3 Å². The Morgan fingerprint density at radius 1 is 1.00 bits per heavy atom. The van der Waals surface area contributed by atoms with Crippen LogP contribution in [0.5, 0.6) is 11.5 Å². The van der Waals surface area contributed by atoms with E-state index in [4.69, 9.17) is 37.4 Å². The maximum Gasteiger partial charge on any atom is 0.415 e. The number of benzene rings is 3. The van der Waals surface area contributed by atoms with Gasteiger partial charge in [-0.3, -0.25) is 15.0 Å². The molecule has 4 aromatic rings. The summed E-state index contributed by atoms with van der Waals surface area (Å²) in [6, 6.07) is 12.4. The molecule has 3 aliphatic heterocycles. The number of pyridine rings is 1. The van der Waals surface area contributed by atoms with Gasteiger partial charge in [-0.15, -0.1) is 0 Å². The van der Waals surface area contributed by atoms with Crippen LogP contribution in [-0.4, -0.2) is 67.2 Å². The Bertz CT molecular complexity index is 1930. The normalized spacial score (nSPS) is 18.6. The Balaban J connectivity index is 1.51. The number of carbonyl (C=O) groups is 2. The van der Waals surface area contributed by atoms with Gasteiger partial charge >= 0.3 is 12.1 Å². The molecular formula is C37H36Cl2F2N3O7+. The molecular weight excluding hydrogens is 707 g/mol. The smallest absolute Gasteiger partial charge is 0.415 e. The summed E-state index contributed by atoms with van der Waals surface area (Å²) < 4.78 is 47.9. The van der Waals surface area contributed by atoms with Gasteiger partial charge in [-0.1, -0.05) is 41.4 Å². The molecule has 7 rings (SSSR count). The third-order valence-corrected chi connectivity index (χ3v) is 10.3. The first-order valence-corrected chi connectivity index (χ1v) is 17.0. The number of ether oxygens (including phenoxy) is 3. The van der Waals surface area contributed by atoms with E-state index in [2.05, 4.69) is 4.90 Å². The predicted molar refractivity (Wildman–Crippen MR) is 184 cm³/mol. The molecule has 1 amide bonds. The number of amides is 1.